The van der Waals surface area contributed by atoms with E-state index in [1.54, 1.807) is 18.6 Å². The Bertz CT molecular complexity index is 450. The molecule has 0 radical (unpaired) electrons. The van der Waals surface area contributed by atoms with E-state index in [4.69, 9.17) is 4.74 Å². The van der Waals surface area contributed by atoms with Crippen molar-refractivity contribution in [1.82, 2.24) is 15.3 Å². The molecular formula is C15H24N4O2. The van der Waals surface area contributed by atoms with Gasteiger partial charge in [-0.1, -0.05) is 0 Å². The van der Waals surface area contributed by atoms with Crippen LogP contribution in [0.15, 0.2) is 18.6 Å². The minimum absolute atomic E-state index is 0.334. The van der Waals surface area contributed by atoms with Gasteiger partial charge < -0.3 is 15.0 Å². The van der Waals surface area contributed by atoms with Crippen molar-refractivity contribution in [1.29, 1.82) is 0 Å². The van der Waals surface area contributed by atoms with E-state index in [0.717, 1.165) is 31.7 Å². The summed E-state index contributed by atoms with van der Waals surface area (Å²) in [7, 11) is 0. The van der Waals surface area contributed by atoms with Gasteiger partial charge in [0, 0.05) is 32.0 Å². The summed E-state index contributed by atoms with van der Waals surface area (Å²) in [4.78, 5) is 22.3. The highest BCUT2D eigenvalue weighted by Gasteiger charge is 2.22. The Kier molecular flexibility index (Phi) is 4.98. The van der Waals surface area contributed by atoms with Crippen LogP contribution in [0.25, 0.3) is 0 Å². The number of anilines is 1. The highest BCUT2D eigenvalue weighted by atomic mass is 16.6. The molecule has 6 heteroatoms. The Morgan fingerprint density at radius 3 is 2.67 bits per heavy atom. The molecule has 1 aromatic heterocycles. The van der Waals surface area contributed by atoms with E-state index in [2.05, 4.69) is 20.2 Å². The molecule has 1 fully saturated rings. The molecule has 21 heavy (non-hydrogen) atoms. The number of carbonyl (C=O) groups excluding carboxylic acids is 1. The van der Waals surface area contributed by atoms with Crippen LogP contribution in [-0.2, 0) is 4.74 Å². The number of amides is 1. The van der Waals surface area contributed by atoms with Crippen LogP contribution in [0.1, 0.15) is 33.6 Å². The Morgan fingerprint density at radius 1 is 1.38 bits per heavy atom. The molecule has 6 nitrogen and oxygen atoms in total. The van der Waals surface area contributed by atoms with Gasteiger partial charge in [-0.15, -0.1) is 0 Å². The summed E-state index contributed by atoms with van der Waals surface area (Å²) < 4.78 is 5.24. The smallest absolute Gasteiger partial charge is 0.407 e. The third-order valence-corrected chi connectivity index (χ3v) is 3.42. The SMILES string of the molecule is CC(C)(C)OC(=O)NCC1CCN(c2cnccn2)CC1. The summed E-state index contributed by atoms with van der Waals surface area (Å²) in [6.45, 7) is 8.16. The zero-order valence-electron chi connectivity index (χ0n) is 13.0. The average Bonchev–Trinajstić information content (AvgIpc) is 2.45. The summed E-state index contributed by atoms with van der Waals surface area (Å²) in [5, 5.41) is 2.86. The van der Waals surface area contributed by atoms with Crippen LogP contribution in [0.2, 0.25) is 0 Å². The highest BCUT2D eigenvalue weighted by Crippen LogP contribution is 2.20. The van der Waals surface area contributed by atoms with E-state index in [9.17, 15) is 4.79 Å². The number of nitrogens with zero attached hydrogens (tertiary/aromatic N) is 3. The summed E-state index contributed by atoms with van der Waals surface area (Å²) in [6, 6.07) is 0. The molecule has 2 rings (SSSR count). The first-order valence-corrected chi connectivity index (χ1v) is 7.42. The van der Waals surface area contributed by atoms with Crippen molar-refractivity contribution in [2.75, 3.05) is 24.5 Å². The molecule has 0 saturated carbocycles. The third kappa shape index (κ3) is 5.21. The lowest BCUT2D eigenvalue weighted by molar-refractivity contribution is 0.0517. The van der Waals surface area contributed by atoms with Gasteiger partial charge in [-0.3, -0.25) is 4.98 Å². The maximum Gasteiger partial charge on any atom is 0.407 e. The van der Waals surface area contributed by atoms with Crippen LogP contribution in [-0.4, -0.2) is 41.3 Å². The Balaban J connectivity index is 1.71. The van der Waals surface area contributed by atoms with Gasteiger partial charge in [-0.2, -0.15) is 0 Å². The first kappa shape index (κ1) is 15.5. The lowest BCUT2D eigenvalue weighted by atomic mass is 9.97. The number of hydrogen-bond acceptors (Lipinski definition) is 5. The number of hydrogen-bond donors (Lipinski definition) is 1. The summed E-state index contributed by atoms with van der Waals surface area (Å²) in [6.07, 6.45) is 6.92. The van der Waals surface area contributed by atoms with Gasteiger partial charge in [0.25, 0.3) is 0 Å². The fourth-order valence-electron chi connectivity index (χ4n) is 2.36. The molecule has 1 aromatic rings. The van der Waals surface area contributed by atoms with Crippen molar-refractivity contribution in [2.24, 2.45) is 5.92 Å². The first-order chi connectivity index (χ1) is 9.94. The monoisotopic (exact) mass is 292 g/mol. The highest BCUT2D eigenvalue weighted by molar-refractivity contribution is 5.67. The van der Waals surface area contributed by atoms with Crippen molar-refractivity contribution < 1.29 is 9.53 Å². The van der Waals surface area contributed by atoms with Gasteiger partial charge in [0.2, 0.25) is 0 Å². The molecule has 1 N–H and O–H groups in total. The number of aromatic nitrogens is 2. The van der Waals surface area contributed by atoms with Crippen molar-refractivity contribution in [3.05, 3.63) is 18.6 Å². The Hall–Kier alpha value is -1.85. The van der Waals surface area contributed by atoms with E-state index in [-0.39, 0.29) is 6.09 Å². The molecule has 0 atom stereocenters. The van der Waals surface area contributed by atoms with Crippen molar-refractivity contribution in [3.63, 3.8) is 0 Å². The second-order valence-electron chi connectivity index (χ2n) is 6.38. The number of piperidine rings is 1. The largest absolute Gasteiger partial charge is 0.444 e. The second-order valence-corrected chi connectivity index (χ2v) is 6.38. The molecule has 0 unspecified atom stereocenters. The fraction of sp³-hybridized carbons (Fsp3) is 0.667. The number of carbonyl (C=O) groups is 1. The molecule has 116 valence electrons. The minimum atomic E-state index is -0.445. The molecule has 1 saturated heterocycles. The lowest BCUT2D eigenvalue weighted by Gasteiger charge is -2.32. The number of nitrogens with one attached hydrogen (secondary N) is 1. The molecule has 2 heterocycles. The predicted octanol–water partition coefficient (Wildman–Crippen LogP) is 2.22. The van der Waals surface area contributed by atoms with Crippen LogP contribution in [0.4, 0.5) is 10.6 Å². The van der Waals surface area contributed by atoms with Crippen molar-refractivity contribution in [3.8, 4) is 0 Å². The van der Waals surface area contributed by atoms with Gasteiger partial charge in [0.05, 0.1) is 6.20 Å². The fourth-order valence-corrected chi connectivity index (χ4v) is 2.36. The predicted molar refractivity (Wildman–Crippen MR) is 81.2 cm³/mol. The van der Waals surface area contributed by atoms with Gasteiger partial charge in [-0.25, -0.2) is 9.78 Å². The Morgan fingerprint density at radius 2 is 2.10 bits per heavy atom. The molecular weight excluding hydrogens is 268 g/mol. The molecule has 0 aliphatic carbocycles. The van der Waals surface area contributed by atoms with Crippen LogP contribution >= 0.6 is 0 Å². The lowest BCUT2D eigenvalue weighted by Crippen LogP contribution is -2.40. The van der Waals surface area contributed by atoms with Gasteiger partial charge in [0.15, 0.2) is 0 Å². The quantitative estimate of drug-likeness (QED) is 0.925. The number of alkyl carbamates (subject to hydrolysis) is 1. The van der Waals surface area contributed by atoms with Gasteiger partial charge in [0.1, 0.15) is 11.4 Å². The third-order valence-electron chi connectivity index (χ3n) is 3.42. The molecule has 1 amide bonds. The normalized spacial score (nSPS) is 16.6. The minimum Gasteiger partial charge on any atom is -0.444 e. The topological polar surface area (TPSA) is 67.3 Å². The van der Waals surface area contributed by atoms with Gasteiger partial charge >= 0.3 is 6.09 Å². The van der Waals surface area contributed by atoms with Crippen LogP contribution in [0.3, 0.4) is 0 Å². The van der Waals surface area contributed by atoms with Gasteiger partial charge in [-0.05, 0) is 39.5 Å². The number of rotatable bonds is 3. The van der Waals surface area contributed by atoms with E-state index < -0.39 is 5.60 Å². The zero-order valence-corrected chi connectivity index (χ0v) is 13.0. The van der Waals surface area contributed by atoms with Crippen LogP contribution in [0, 0.1) is 5.92 Å². The molecule has 1 aliphatic heterocycles. The van der Waals surface area contributed by atoms with E-state index in [0.29, 0.717) is 12.5 Å². The molecule has 0 bridgehead atoms. The molecule has 0 aromatic carbocycles. The van der Waals surface area contributed by atoms with E-state index in [1.807, 2.05) is 20.8 Å². The van der Waals surface area contributed by atoms with E-state index in [1.165, 1.54) is 0 Å². The summed E-state index contributed by atoms with van der Waals surface area (Å²) in [5.74, 6) is 1.42. The summed E-state index contributed by atoms with van der Waals surface area (Å²) in [5.41, 5.74) is -0.445. The molecule has 0 spiro atoms. The Labute approximate surface area is 125 Å². The van der Waals surface area contributed by atoms with Crippen molar-refractivity contribution >= 4 is 11.9 Å². The average molecular weight is 292 g/mol. The van der Waals surface area contributed by atoms with E-state index >= 15 is 0 Å². The van der Waals surface area contributed by atoms with Crippen LogP contribution < -0.4 is 10.2 Å². The van der Waals surface area contributed by atoms with Crippen LogP contribution in [0.5, 0.6) is 0 Å². The maximum absolute atomic E-state index is 11.6. The number of ether oxygens (including phenoxy) is 1. The summed E-state index contributed by atoms with van der Waals surface area (Å²) >= 11 is 0. The van der Waals surface area contributed by atoms with Crippen molar-refractivity contribution in [2.45, 2.75) is 39.2 Å². The standard InChI is InChI=1S/C15H24N4O2/c1-15(2,3)21-14(20)18-10-12-4-8-19(9-5-12)13-11-16-6-7-17-13/h6-7,11-12H,4-5,8-10H2,1-3H3,(H,18,20). The first-order valence-electron chi connectivity index (χ1n) is 7.42. The second kappa shape index (κ2) is 6.74. The molecule has 1 aliphatic rings. The maximum atomic E-state index is 11.6. The zero-order chi connectivity index (χ0) is 15.3.